The number of halogens is 1. The van der Waals surface area contributed by atoms with Crippen LogP contribution >= 0.6 is 12.4 Å². The SMILES string of the molecule is Cl.O=C(NCc1ccc2c(c1)OCO2)C1CCNCC1. The summed E-state index contributed by atoms with van der Waals surface area (Å²) in [5.41, 5.74) is 1.03. The molecule has 0 atom stereocenters. The van der Waals surface area contributed by atoms with Gasteiger partial charge in [0.05, 0.1) is 0 Å². The summed E-state index contributed by atoms with van der Waals surface area (Å²) in [5, 5.41) is 6.26. The molecule has 20 heavy (non-hydrogen) atoms. The number of carbonyl (C=O) groups is 1. The van der Waals surface area contributed by atoms with E-state index in [0.717, 1.165) is 43.0 Å². The minimum absolute atomic E-state index is 0. The van der Waals surface area contributed by atoms with Gasteiger partial charge in [0.15, 0.2) is 11.5 Å². The molecule has 2 N–H and O–H groups in total. The smallest absolute Gasteiger partial charge is 0.231 e. The van der Waals surface area contributed by atoms with Crippen LogP contribution in [-0.2, 0) is 11.3 Å². The molecule has 3 rings (SSSR count). The van der Waals surface area contributed by atoms with Gasteiger partial charge in [-0.1, -0.05) is 6.07 Å². The average molecular weight is 299 g/mol. The molecule has 1 aromatic rings. The molecule has 0 aliphatic carbocycles. The van der Waals surface area contributed by atoms with Crippen molar-refractivity contribution >= 4 is 18.3 Å². The van der Waals surface area contributed by atoms with E-state index in [9.17, 15) is 4.79 Å². The fourth-order valence-electron chi connectivity index (χ4n) is 2.47. The van der Waals surface area contributed by atoms with Crippen LogP contribution in [0.5, 0.6) is 11.5 Å². The first-order chi connectivity index (χ1) is 9.33. The minimum atomic E-state index is 0. The second kappa shape index (κ2) is 6.81. The molecule has 6 heteroatoms. The highest BCUT2D eigenvalue weighted by atomic mass is 35.5. The second-order valence-electron chi connectivity index (χ2n) is 4.93. The van der Waals surface area contributed by atoms with Crippen LogP contribution in [0, 0.1) is 5.92 Å². The fourth-order valence-corrected chi connectivity index (χ4v) is 2.47. The van der Waals surface area contributed by atoms with Crippen molar-refractivity contribution in [3.63, 3.8) is 0 Å². The molecule has 2 aliphatic rings. The number of piperidine rings is 1. The number of amides is 1. The predicted molar refractivity (Wildman–Crippen MR) is 77.3 cm³/mol. The molecule has 1 saturated heterocycles. The molecule has 1 fully saturated rings. The van der Waals surface area contributed by atoms with Gasteiger partial charge in [0.1, 0.15) is 0 Å². The number of ether oxygens (including phenoxy) is 2. The van der Waals surface area contributed by atoms with Crippen molar-refractivity contribution in [2.75, 3.05) is 19.9 Å². The Labute approximate surface area is 124 Å². The largest absolute Gasteiger partial charge is 0.454 e. The van der Waals surface area contributed by atoms with Crippen molar-refractivity contribution in [1.29, 1.82) is 0 Å². The van der Waals surface area contributed by atoms with Crippen LogP contribution in [0.4, 0.5) is 0 Å². The highest BCUT2D eigenvalue weighted by Gasteiger charge is 2.20. The zero-order valence-corrected chi connectivity index (χ0v) is 12.0. The van der Waals surface area contributed by atoms with Crippen LogP contribution in [0.1, 0.15) is 18.4 Å². The zero-order chi connectivity index (χ0) is 13.1. The lowest BCUT2D eigenvalue weighted by molar-refractivity contribution is -0.125. The van der Waals surface area contributed by atoms with Gasteiger partial charge >= 0.3 is 0 Å². The first-order valence-corrected chi connectivity index (χ1v) is 6.70. The van der Waals surface area contributed by atoms with Gasteiger partial charge in [0.25, 0.3) is 0 Å². The standard InChI is InChI=1S/C14H18N2O3.ClH/c17-14(11-3-5-15-6-4-11)16-8-10-1-2-12-13(7-10)19-9-18-12;/h1-2,7,11,15H,3-6,8-9H2,(H,16,17);1H. The van der Waals surface area contributed by atoms with Crippen LogP contribution in [0.15, 0.2) is 18.2 Å². The van der Waals surface area contributed by atoms with Crippen molar-refractivity contribution in [2.24, 2.45) is 5.92 Å². The summed E-state index contributed by atoms with van der Waals surface area (Å²) in [6.07, 6.45) is 1.85. The first-order valence-electron chi connectivity index (χ1n) is 6.70. The lowest BCUT2D eigenvalue weighted by Gasteiger charge is -2.21. The first kappa shape index (κ1) is 14.9. The van der Waals surface area contributed by atoms with E-state index < -0.39 is 0 Å². The molecule has 1 aromatic carbocycles. The highest BCUT2D eigenvalue weighted by molar-refractivity contribution is 5.85. The maximum Gasteiger partial charge on any atom is 0.231 e. The summed E-state index contributed by atoms with van der Waals surface area (Å²) in [5.74, 6) is 1.83. The third-order valence-electron chi connectivity index (χ3n) is 3.61. The summed E-state index contributed by atoms with van der Waals surface area (Å²) in [6.45, 7) is 2.68. The van der Waals surface area contributed by atoms with Gasteiger partial charge in [0.2, 0.25) is 12.7 Å². The number of fused-ring (bicyclic) bond motifs is 1. The Balaban J connectivity index is 0.00000147. The fraction of sp³-hybridized carbons (Fsp3) is 0.500. The molecule has 0 radical (unpaired) electrons. The van der Waals surface area contributed by atoms with Crippen molar-refractivity contribution < 1.29 is 14.3 Å². The van der Waals surface area contributed by atoms with Crippen molar-refractivity contribution in [3.05, 3.63) is 23.8 Å². The van der Waals surface area contributed by atoms with Crippen LogP contribution in [-0.4, -0.2) is 25.8 Å². The van der Waals surface area contributed by atoms with Gasteiger partial charge in [-0.15, -0.1) is 12.4 Å². The van der Waals surface area contributed by atoms with E-state index in [1.165, 1.54) is 0 Å². The van der Waals surface area contributed by atoms with E-state index in [1.54, 1.807) is 0 Å². The zero-order valence-electron chi connectivity index (χ0n) is 11.2. The molecule has 0 saturated carbocycles. The van der Waals surface area contributed by atoms with Crippen molar-refractivity contribution in [1.82, 2.24) is 10.6 Å². The van der Waals surface area contributed by atoms with Gasteiger partial charge in [-0.3, -0.25) is 4.79 Å². The molecule has 110 valence electrons. The normalized spacial score (nSPS) is 17.4. The summed E-state index contributed by atoms with van der Waals surface area (Å²) < 4.78 is 10.6. The van der Waals surface area contributed by atoms with E-state index in [0.29, 0.717) is 6.54 Å². The number of carbonyl (C=O) groups excluding carboxylic acids is 1. The van der Waals surface area contributed by atoms with E-state index in [2.05, 4.69) is 10.6 Å². The van der Waals surface area contributed by atoms with Gasteiger partial charge < -0.3 is 20.1 Å². The van der Waals surface area contributed by atoms with E-state index in [1.807, 2.05) is 18.2 Å². The number of nitrogens with one attached hydrogen (secondary N) is 2. The average Bonchev–Trinajstić information content (AvgIpc) is 2.93. The Morgan fingerprint density at radius 3 is 2.80 bits per heavy atom. The molecular formula is C14H19ClN2O3. The third-order valence-corrected chi connectivity index (χ3v) is 3.61. The molecule has 5 nitrogen and oxygen atoms in total. The van der Waals surface area contributed by atoms with E-state index >= 15 is 0 Å². The summed E-state index contributed by atoms with van der Waals surface area (Å²) in [6, 6.07) is 5.76. The van der Waals surface area contributed by atoms with Crippen LogP contribution < -0.4 is 20.1 Å². The van der Waals surface area contributed by atoms with Crippen molar-refractivity contribution in [3.8, 4) is 11.5 Å². The Bertz CT molecular complexity index is 475. The Morgan fingerprint density at radius 2 is 2.00 bits per heavy atom. The van der Waals surface area contributed by atoms with Gasteiger partial charge in [0, 0.05) is 12.5 Å². The Morgan fingerprint density at radius 1 is 1.25 bits per heavy atom. The molecule has 1 amide bonds. The molecule has 2 heterocycles. The Hall–Kier alpha value is -1.46. The maximum absolute atomic E-state index is 12.0. The van der Waals surface area contributed by atoms with Crippen molar-refractivity contribution in [2.45, 2.75) is 19.4 Å². The van der Waals surface area contributed by atoms with Gasteiger partial charge in [-0.05, 0) is 43.6 Å². The molecule has 0 aromatic heterocycles. The number of hydrogen-bond donors (Lipinski definition) is 2. The van der Waals surface area contributed by atoms with Crippen LogP contribution in [0.3, 0.4) is 0 Å². The van der Waals surface area contributed by atoms with E-state index in [-0.39, 0.29) is 31.0 Å². The topological polar surface area (TPSA) is 59.6 Å². The lowest BCUT2D eigenvalue weighted by atomic mass is 9.97. The highest BCUT2D eigenvalue weighted by Crippen LogP contribution is 2.32. The van der Waals surface area contributed by atoms with Gasteiger partial charge in [-0.2, -0.15) is 0 Å². The summed E-state index contributed by atoms with van der Waals surface area (Å²) >= 11 is 0. The third kappa shape index (κ3) is 3.35. The maximum atomic E-state index is 12.0. The molecular weight excluding hydrogens is 280 g/mol. The molecule has 0 spiro atoms. The summed E-state index contributed by atoms with van der Waals surface area (Å²) in [4.78, 5) is 12.0. The van der Waals surface area contributed by atoms with Gasteiger partial charge in [-0.25, -0.2) is 0 Å². The van der Waals surface area contributed by atoms with E-state index in [4.69, 9.17) is 9.47 Å². The second-order valence-corrected chi connectivity index (χ2v) is 4.93. The quantitative estimate of drug-likeness (QED) is 0.887. The van der Waals surface area contributed by atoms with Crippen LogP contribution in [0.2, 0.25) is 0 Å². The summed E-state index contributed by atoms with van der Waals surface area (Å²) in [7, 11) is 0. The lowest BCUT2D eigenvalue weighted by Crippen LogP contribution is -2.37. The predicted octanol–water partition coefficient (Wildman–Crippen LogP) is 1.45. The monoisotopic (exact) mass is 298 g/mol. The number of hydrogen-bond acceptors (Lipinski definition) is 4. The number of rotatable bonds is 3. The minimum Gasteiger partial charge on any atom is -0.454 e. The molecule has 0 bridgehead atoms. The number of benzene rings is 1. The molecule has 0 unspecified atom stereocenters. The van der Waals surface area contributed by atoms with Crippen LogP contribution in [0.25, 0.3) is 0 Å². The Kier molecular flexibility index (Phi) is 5.09. The molecule has 2 aliphatic heterocycles.